The Kier molecular flexibility index (Phi) is 2.19. The molecule has 1 N–H and O–H groups in total. The molecule has 0 spiro atoms. The van der Waals surface area contributed by atoms with Crippen molar-refractivity contribution in [2.24, 2.45) is 0 Å². The minimum atomic E-state index is 0.624. The van der Waals surface area contributed by atoms with Gasteiger partial charge in [-0.2, -0.15) is 8.75 Å². The lowest BCUT2D eigenvalue weighted by atomic mass is 10.3. The van der Waals surface area contributed by atoms with E-state index in [-0.39, 0.29) is 0 Å². The Morgan fingerprint density at radius 2 is 1.88 bits per heavy atom. The Hall–Kier alpha value is -2.08. The van der Waals surface area contributed by atoms with Crippen LogP contribution in [0.4, 0.5) is 11.5 Å². The molecule has 78 valence electrons. The van der Waals surface area contributed by atoms with Crippen molar-refractivity contribution in [3.63, 3.8) is 0 Å². The number of nitrogens with zero attached hydrogens (tertiary/aromatic N) is 4. The molecule has 2 aromatic heterocycles. The van der Waals surface area contributed by atoms with Gasteiger partial charge in [0.15, 0.2) is 17.0 Å². The molecule has 5 nitrogen and oxygen atoms in total. The summed E-state index contributed by atoms with van der Waals surface area (Å²) in [5.74, 6) is 0.685. The van der Waals surface area contributed by atoms with Crippen LogP contribution in [0.3, 0.4) is 0 Å². The van der Waals surface area contributed by atoms with Crippen molar-refractivity contribution in [1.29, 1.82) is 0 Å². The number of hydrogen-bond acceptors (Lipinski definition) is 6. The fourth-order valence-corrected chi connectivity index (χ4v) is 1.87. The molecule has 2 heterocycles. The van der Waals surface area contributed by atoms with Crippen molar-refractivity contribution in [3.8, 4) is 0 Å². The molecule has 0 amide bonds. The third-order valence-corrected chi connectivity index (χ3v) is 2.62. The van der Waals surface area contributed by atoms with Crippen molar-refractivity contribution in [2.75, 3.05) is 5.32 Å². The zero-order valence-electron chi connectivity index (χ0n) is 8.16. The second-order valence-electron chi connectivity index (χ2n) is 3.15. The van der Waals surface area contributed by atoms with Crippen LogP contribution in [0.2, 0.25) is 0 Å². The summed E-state index contributed by atoms with van der Waals surface area (Å²) in [6, 6.07) is 9.81. The number of para-hydroxylation sites is 1. The lowest BCUT2D eigenvalue weighted by molar-refractivity contribution is 1.20. The lowest BCUT2D eigenvalue weighted by Crippen LogP contribution is -1.95. The van der Waals surface area contributed by atoms with Gasteiger partial charge in [-0.3, -0.25) is 0 Å². The quantitative estimate of drug-likeness (QED) is 0.730. The van der Waals surface area contributed by atoms with Gasteiger partial charge in [0, 0.05) is 5.69 Å². The van der Waals surface area contributed by atoms with Crippen molar-refractivity contribution in [1.82, 2.24) is 18.7 Å². The molecule has 6 heteroatoms. The maximum Gasteiger partial charge on any atom is 0.198 e. The van der Waals surface area contributed by atoms with Crippen LogP contribution in [0.25, 0.3) is 11.2 Å². The van der Waals surface area contributed by atoms with Gasteiger partial charge >= 0.3 is 0 Å². The Bertz CT molecular complexity index is 607. The second-order valence-corrected chi connectivity index (χ2v) is 3.68. The zero-order chi connectivity index (χ0) is 10.8. The minimum Gasteiger partial charge on any atom is -0.338 e. The summed E-state index contributed by atoms with van der Waals surface area (Å²) in [6.45, 7) is 0. The highest BCUT2D eigenvalue weighted by atomic mass is 32.1. The van der Waals surface area contributed by atoms with E-state index in [1.807, 2.05) is 30.3 Å². The summed E-state index contributed by atoms with van der Waals surface area (Å²) in [4.78, 5) is 8.19. The maximum atomic E-state index is 4.16. The SMILES string of the molecule is c1ccc(Nc2ncnc3nsnc23)cc1. The number of aromatic nitrogens is 4. The van der Waals surface area contributed by atoms with E-state index in [1.54, 1.807) is 0 Å². The molecule has 3 aromatic rings. The number of hydrogen-bond donors (Lipinski definition) is 1. The van der Waals surface area contributed by atoms with E-state index in [1.165, 1.54) is 6.33 Å². The van der Waals surface area contributed by atoms with Gasteiger partial charge in [0.2, 0.25) is 0 Å². The van der Waals surface area contributed by atoms with Crippen LogP contribution in [0.5, 0.6) is 0 Å². The summed E-state index contributed by atoms with van der Waals surface area (Å²) in [5.41, 5.74) is 2.30. The lowest BCUT2D eigenvalue weighted by Gasteiger charge is -2.04. The molecule has 3 rings (SSSR count). The van der Waals surface area contributed by atoms with E-state index in [9.17, 15) is 0 Å². The number of rotatable bonds is 2. The molecule has 0 aliphatic rings. The van der Waals surface area contributed by atoms with Crippen LogP contribution in [0.1, 0.15) is 0 Å². The average Bonchev–Trinajstić information content (AvgIpc) is 2.80. The molecule has 0 aliphatic heterocycles. The molecule has 1 aromatic carbocycles. The van der Waals surface area contributed by atoms with Crippen LogP contribution < -0.4 is 5.32 Å². The predicted octanol–water partition coefficient (Wildman–Crippen LogP) is 2.22. The first-order valence-corrected chi connectivity index (χ1v) is 5.42. The van der Waals surface area contributed by atoms with Crippen molar-refractivity contribution in [2.45, 2.75) is 0 Å². The van der Waals surface area contributed by atoms with E-state index in [0.29, 0.717) is 17.0 Å². The van der Waals surface area contributed by atoms with E-state index in [4.69, 9.17) is 0 Å². The first-order valence-electron chi connectivity index (χ1n) is 4.69. The smallest absolute Gasteiger partial charge is 0.198 e. The molecule has 0 saturated heterocycles. The topological polar surface area (TPSA) is 63.6 Å². The molecule has 0 saturated carbocycles. The standard InChI is InChI=1S/C10H7N5S/c1-2-4-7(5-3-1)13-9-8-10(12-6-11-9)15-16-14-8/h1-6H,(H,11,12,13,15). The second kappa shape index (κ2) is 3.82. The molecule has 0 fully saturated rings. The van der Waals surface area contributed by atoms with E-state index < -0.39 is 0 Å². The number of fused-ring (bicyclic) bond motifs is 1. The first kappa shape index (κ1) is 9.17. The van der Waals surface area contributed by atoms with Gasteiger partial charge in [0.25, 0.3) is 0 Å². The largest absolute Gasteiger partial charge is 0.338 e. The molecule has 0 atom stereocenters. The Balaban J connectivity index is 2.04. The summed E-state index contributed by atoms with van der Waals surface area (Å²) < 4.78 is 8.22. The third kappa shape index (κ3) is 1.59. The summed E-state index contributed by atoms with van der Waals surface area (Å²) in [7, 11) is 0. The molecule has 16 heavy (non-hydrogen) atoms. The Morgan fingerprint density at radius 3 is 2.75 bits per heavy atom. The molecular formula is C10H7N5S. The van der Waals surface area contributed by atoms with Crippen LogP contribution in [0.15, 0.2) is 36.7 Å². The number of nitrogens with one attached hydrogen (secondary N) is 1. The van der Waals surface area contributed by atoms with Crippen LogP contribution in [-0.2, 0) is 0 Å². The van der Waals surface area contributed by atoms with Crippen molar-refractivity contribution in [3.05, 3.63) is 36.7 Å². The van der Waals surface area contributed by atoms with Gasteiger partial charge in [-0.1, -0.05) is 18.2 Å². The van der Waals surface area contributed by atoms with Gasteiger partial charge in [-0.25, -0.2) is 9.97 Å². The molecule has 0 unspecified atom stereocenters. The maximum absolute atomic E-state index is 4.16. The average molecular weight is 229 g/mol. The highest BCUT2D eigenvalue weighted by molar-refractivity contribution is 7.00. The van der Waals surface area contributed by atoms with Gasteiger partial charge in [-0.05, 0) is 12.1 Å². The Labute approximate surface area is 95.5 Å². The molecule has 0 bridgehead atoms. The normalized spacial score (nSPS) is 10.5. The molecule has 0 aliphatic carbocycles. The highest BCUT2D eigenvalue weighted by Crippen LogP contribution is 2.20. The van der Waals surface area contributed by atoms with Gasteiger partial charge in [0.1, 0.15) is 6.33 Å². The fraction of sp³-hybridized carbons (Fsp3) is 0. The molecule has 0 radical (unpaired) electrons. The van der Waals surface area contributed by atoms with Gasteiger partial charge in [-0.15, -0.1) is 0 Å². The summed E-state index contributed by atoms with van der Waals surface area (Å²) in [6.07, 6.45) is 1.48. The van der Waals surface area contributed by atoms with Crippen LogP contribution in [-0.4, -0.2) is 18.7 Å². The van der Waals surface area contributed by atoms with Gasteiger partial charge in [0.05, 0.1) is 11.7 Å². The summed E-state index contributed by atoms with van der Waals surface area (Å²) in [5, 5.41) is 3.19. The van der Waals surface area contributed by atoms with Crippen LogP contribution in [0, 0.1) is 0 Å². The Morgan fingerprint density at radius 1 is 1.00 bits per heavy atom. The summed E-state index contributed by atoms with van der Waals surface area (Å²) >= 11 is 1.14. The van der Waals surface area contributed by atoms with E-state index in [2.05, 4.69) is 24.0 Å². The highest BCUT2D eigenvalue weighted by Gasteiger charge is 2.07. The van der Waals surface area contributed by atoms with Crippen LogP contribution >= 0.6 is 11.7 Å². The molecular weight excluding hydrogens is 222 g/mol. The van der Waals surface area contributed by atoms with E-state index >= 15 is 0 Å². The minimum absolute atomic E-state index is 0.624. The fourth-order valence-electron chi connectivity index (χ4n) is 1.37. The van der Waals surface area contributed by atoms with Gasteiger partial charge < -0.3 is 5.32 Å². The monoisotopic (exact) mass is 229 g/mol. The van der Waals surface area contributed by atoms with Crippen molar-refractivity contribution >= 4 is 34.4 Å². The first-order chi connectivity index (χ1) is 7.93. The third-order valence-electron chi connectivity index (χ3n) is 2.10. The van der Waals surface area contributed by atoms with Crippen molar-refractivity contribution < 1.29 is 0 Å². The number of benzene rings is 1. The van der Waals surface area contributed by atoms with E-state index in [0.717, 1.165) is 17.4 Å². The zero-order valence-corrected chi connectivity index (χ0v) is 8.98. The number of anilines is 2. The predicted molar refractivity (Wildman–Crippen MR) is 62.7 cm³/mol.